The summed E-state index contributed by atoms with van der Waals surface area (Å²) in [5, 5.41) is 3.58. The van der Waals surface area contributed by atoms with Crippen LogP contribution in [0.2, 0.25) is 5.02 Å². The lowest BCUT2D eigenvalue weighted by Gasteiger charge is -2.09. The van der Waals surface area contributed by atoms with Crippen LogP contribution in [-0.2, 0) is 4.79 Å². The number of halogens is 1. The maximum Gasteiger partial charge on any atom is 0.342 e. The van der Waals surface area contributed by atoms with Gasteiger partial charge in [-0.25, -0.2) is 0 Å². The minimum absolute atomic E-state index is 0.0348. The molecular weight excluding hydrogens is 308 g/mol. The molecule has 1 saturated carbocycles. The first kappa shape index (κ1) is 15.5. The molecule has 3 rings (SSSR count). The van der Waals surface area contributed by atoms with E-state index in [1.807, 2.05) is 42.5 Å². The molecule has 1 aliphatic rings. The van der Waals surface area contributed by atoms with Gasteiger partial charge in [-0.1, -0.05) is 34.5 Å². The van der Waals surface area contributed by atoms with Crippen molar-refractivity contribution in [2.45, 2.75) is 19.3 Å². The summed E-state index contributed by atoms with van der Waals surface area (Å²) in [6, 6.07) is 15.1. The van der Waals surface area contributed by atoms with E-state index in [0.717, 1.165) is 24.0 Å². The molecule has 2 aromatic carbocycles. The summed E-state index contributed by atoms with van der Waals surface area (Å²) >= 11 is 6.15. The molecule has 2 aromatic rings. The Morgan fingerprint density at radius 2 is 1.96 bits per heavy atom. The topological polar surface area (TPSA) is 43.2 Å². The highest BCUT2D eigenvalue weighted by Gasteiger charge is 2.26. The number of hydrogen-bond donors (Lipinski definition) is 1. The molecule has 0 aromatic heterocycles. The summed E-state index contributed by atoms with van der Waals surface area (Å²) in [5.74, 6) is 0.577. The maximum absolute atomic E-state index is 12.1. The van der Waals surface area contributed by atoms with Gasteiger partial charge in [-0.3, -0.25) is 4.79 Å². The van der Waals surface area contributed by atoms with Crippen LogP contribution in [-0.4, -0.2) is 18.3 Å². The van der Waals surface area contributed by atoms with Crippen LogP contribution in [0, 0.1) is 5.92 Å². The molecule has 116 valence electrons. The monoisotopic (exact) mass is 325 g/mol. The lowest BCUT2D eigenvalue weighted by molar-refractivity contribution is -0.116. The third-order valence-corrected chi connectivity index (χ3v) is 4.12. The summed E-state index contributed by atoms with van der Waals surface area (Å²) in [6.45, 7) is 3.68. The highest BCUT2D eigenvalue weighted by Crippen LogP contribution is 2.33. The molecule has 0 heterocycles. The van der Waals surface area contributed by atoms with Crippen molar-refractivity contribution in [3.8, 4) is 0 Å². The molecular formula is C19H18ClN2O+. The fraction of sp³-hybridized carbons (Fsp3) is 0.211. The van der Waals surface area contributed by atoms with Crippen LogP contribution in [0.25, 0.3) is 0 Å². The van der Waals surface area contributed by atoms with Gasteiger partial charge in [0.05, 0.1) is 16.8 Å². The van der Waals surface area contributed by atoms with Crippen molar-refractivity contribution < 1.29 is 4.79 Å². The highest BCUT2D eigenvalue weighted by atomic mass is 35.5. The predicted octanol–water partition coefficient (Wildman–Crippen LogP) is 3.68. The number of carbonyl (C=O) groups excluding carboxylic acids is 1. The fourth-order valence-corrected chi connectivity index (χ4v) is 2.71. The van der Waals surface area contributed by atoms with E-state index in [-0.39, 0.29) is 5.91 Å². The van der Waals surface area contributed by atoms with E-state index >= 15 is 0 Å². The average Bonchev–Trinajstić information content (AvgIpc) is 3.35. The van der Waals surface area contributed by atoms with E-state index in [1.165, 1.54) is 0 Å². The molecule has 1 N–H and O–H groups in total. The van der Waals surface area contributed by atoms with Crippen molar-refractivity contribution in [2.75, 3.05) is 5.32 Å². The third kappa shape index (κ3) is 3.89. The first-order valence-electron chi connectivity index (χ1n) is 7.66. The highest BCUT2D eigenvalue weighted by molar-refractivity contribution is 6.31. The zero-order chi connectivity index (χ0) is 16.2. The molecule has 1 amide bonds. The summed E-state index contributed by atoms with van der Waals surface area (Å²) in [7, 11) is 0. The summed E-state index contributed by atoms with van der Waals surface area (Å²) in [5.41, 5.74) is 3.13. The summed E-state index contributed by atoms with van der Waals surface area (Å²) in [6.07, 6.45) is 2.87. The average molecular weight is 326 g/mol. The fourth-order valence-electron chi connectivity index (χ4n) is 2.53. The van der Waals surface area contributed by atoms with E-state index in [9.17, 15) is 4.79 Å². The van der Waals surface area contributed by atoms with Crippen LogP contribution in [0.15, 0.2) is 48.5 Å². The normalized spacial score (nSPS) is 13.3. The van der Waals surface area contributed by atoms with E-state index in [1.54, 1.807) is 6.07 Å². The van der Waals surface area contributed by atoms with Gasteiger partial charge in [0.25, 0.3) is 6.72 Å². The Bertz CT molecular complexity index is 775. The molecule has 1 aliphatic carbocycles. The minimum atomic E-state index is 0.0348. The summed E-state index contributed by atoms with van der Waals surface area (Å²) in [4.78, 5) is 12.1. The number of nitrogens with zero attached hydrogens (tertiary/aromatic N) is 1. The minimum Gasteiger partial charge on any atom is -0.325 e. The first-order chi connectivity index (χ1) is 11.2. The molecule has 0 saturated heterocycles. The van der Waals surface area contributed by atoms with Crippen LogP contribution in [0.1, 0.15) is 30.4 Å². The molecule has 0 radical (unpaired) electrons. The molecule has 0 spiro atoms. The number of amides is 1. The first-order valence-corrected chi connectivity index (χ1v) is 8.04. The van der Waals surface area contributed by atoms with Crippen molar-refractivity contribution in [1.29, 1.82) is 0 Å². The van der Waals surface area contributed by atoms with Gasteiger partial charge in [0, 0.05) is 11.4 Å². The van der Waals surface area contributed by atoms with Crippen LogP contribution in [0.3, 0.4) is 0 Å². The van der Waals surface area contributed by atoms with E-state index < -0.39 is 0 Å². The summed E-state index contributed by atoms with van der Waals surface area (Å²) < 4.78 is 4.17. The molecule has 1 fully saturated rings. The van der Waals surface area contributed by atoms with Crippen LogP contribution >= 0.6 is 11.6 Å². The van der Waals surface area contributed by atoms with Gasteiger partial charge in [-0.2, -0.15) is 0 Å². The Morgan fingerprint density at radius 3 is 2.61 bits per heavy atom. The largest absolute Gasteiger partial charge is 0.342 e. The lowest BCUT2D eigenvalue weighted by Crippen LogP contribution is -2.16. The number of hydrogen-bond acceptors (Lipinski definition) is 1. The lowest BCUT2D eigenvalue weighted by atomic mass is 10.0. The molecule has 3 nitrogen and oxygen atoms in total. The molecule has 23 heavy (non-hydrogen) atoms. The van der Waals surface area contributed by atoms with Gasteiger partial charge in [-0.05, 0) is 49.1 Å². The van der Waals surface area contributed by atoms with Crippen LogP contribution in [0.4, 0.5) is 5.69 Å². The Labute approximate surface area is 140 Å². The Balaban J connectivity index is 1.94. The number of nitrogens with one attached hydrogen (secondary N) is 1. The number of carbonyl (C=O) groups is 1. The van der Waals surface area contributed by atoms with Gasteiger partial charge < -0.3 is 5.32 Å². The molecule has 0 unspecified atom stereocenters. The van der Waals surface area contributed by atoms with Crippen molar-refractivity contribution in [1.82, 2.24) is 4.67 Å². The Morgan fingerprint density at radius 1 is 1.22 bits per heavy atom. The van der Waals surface area contributed by atoms with E-state index in [2.05, 4.69) is 16.7 Å². The van der Waals surface area contributed by atoms with Crippen LogP contribution in [0.5, 0.6) is 0 Å². The molecule has 0 bridgehead atoms. The van der Waals surface area contributed by atoms with Gasteiger partial charge in [-0.15, -0.1) is 0 Å². The van der Waals surface area contributed by atoms with E-state index in [0.29, 0.717) is 28.8 Å². The number of benzene rings is 2. The Hall–Kier alpha value is -2.35. The predicted molar refractivity (Wildman–Crippen MR) is 96.3 cm³/mol. The van der Waals surface area contributed by atoms with Gasteiger partial charge in [0.1, 0.15) is 0 Å². The number of rotatable bonds is 5. The number of anilines is 1. The zero-order valence-corrected chi connectivity index (χ0v) is 13.5. The second-order valence-corrected chi connectivity index (χ2v) is 6.19. The van der Waals surface area contributed by atoms with Crippen molar-refractivity contribution >= 4 is 35.6 Å². The molecule has 4 heteroatoms. The second kappa shape index (κ2) is 6.82. The maximum atomic E-state index is 12.1. The van der Waals surface area contributed by atoms with Gasteiger partial charge in [0.2, 0.25) is 5.91 Å². The SMILES string of the molecule is C=[N+]=C(c1ccccc1)c1cc(Cl)ccc1NC(=O)CC1CC1. The van der Waals surface area contributed by atoms with E-state index in [4.69, 9.17) is 11.6 Å². The Kier molecular flexibility index (Phi) is 4.61. The van der Waals surface area contributed by atoms with Crippen molar-refractivity contribution in [3.63, 3.8) is 0 Å². The standard InChI is InChI=1S/C19H17ClN2O/c1-21-19(14-5-3-2-4-6-14)16-12-15(20)9-10-17(16)22-18(23)11-13-7-8-13/h2-6,9-10,12-13H,1,7-8,11H2/p+1. The van der Waals surface area contributed by atoms with Gasteiger partial charge >= 0.3 is 5.71 Å². The quantitative estimate of drug-likeness (QED) is 0.661. The smallest absolute Gasteiger partial charge is 0.325 e. The third-order valence-electron chi connectivity index (χ3n) is 3.89. The van der Waals surface area contributed by atoms with Crippen molar-refractivity contribution in [2.24, 2.45) is 5.92 Å². The zero-order valence-electron chi connectivity index (χ0n) is 12.8. The van der Waals surface area contributed by atoms with Crippen molar-refractivity contribution in [3.05, 3.63) is 64.7 Å². The second-order valence-electron chi connectivity index (χ2n) is 5.76. The molecule has 0 atom stereocenters. The van der Waals surface area contributed by atoms with Crippen LogP contribution < -0.4 is 9.98 Å². The van der Waals surface area contributed by atoms with Gasteiger partial charge in [0.15, 0.2) is 0 Å². The molecule has 0 aliphatic heterocycles.